The van der Waals surface area contributed by atoms with Gasteiger partial charge in [0, 0.05) is 61.0 Å². The Morgan fingerprint density at radius 3 is 3.21 bits per heavy atom. The van der Waals surface area contributed by atoms with Crippen molar-refractivity contribution in [3.8, 4) is 0 Å². The Kier molecular flexibility index (Phi) is 4.36. The maximum atomic E-state index is 5.97. The number of hydrogen-bond donors (Lipinski definition) is 2. The van der Waals surface area contributed by atoms with Gasteiger partial charge in [0.05, 0.1) is 12.3 Å². The van der Waals surface area contributed by atoms with Crippen molar-refractivity contribution >= 4 is 10.9 Å². The van der Waals surface area contributed by atoms with E-state index in [2.05, 4.69) is 52.8 Å². The average Bonchev–Trinajstić information content (AvgIpc) is 3.34. The third-order valence-corrected chi connectivity index (χ3v) is 4.93. The van der Waals surface area contributed by atoms with Crippen molar-refractivity contribution in [2.24, 2.45) is 5.92 Å². The molecule has 2 aromatic heterocycles. The summed E-state index contributed by atoms with van der Waals surface area (Å²) < 4.78 is 7.94. The van der Waals surface area contributed by atoms with Crippen LogP contribution in [0.5, 0.6) is 0 Å². The number of ether oxygens (including phenoxy) is 1. The van der Waals surface area contributed by atoms with Crippen LogP contribution in [0.25, 0.3) is 10.9 Å². The third-order valence-electron chi connectivity index (χ3n) is 4.93. The zero-order chi connectivity index (χ0) is 16.4. The molecule has 0 aliphatic carbocycles. The molecule has 1 aliphatic heterocycles. The highest BCUT2D eigenvalue weighted by molar-refractivity contribution is 5.82. The van der Waals surface area contributed by atoms with Gasteiger partial charge in [-0.25, -0.2) is 0 Å². The lowest BCUT2D eigenvalue weighted by Crippen LogP contribution is -2.24. The third kappa shape index (κ3) is 2.97. The molecule has 0 saturated carbocycles. The lowest BCUT2D eigenvalue weighted by Gasteiger charge is -2.18. The molecule has 1 fully saturated rings. The highest BCUT2D eigenvalue weighted by atomic mass is 16.5. The quantitative estimate of drug-likeness (QED) is 0.732. The van der Waals surface area contributed by atoms with Crippen LogP contribution in [0.2, 0.25) is 0 Å². The molecule has 1 saturated heterocycles. The molecule has 4 rings (SSSR count). The summed E-state index contributed by atoms with van der Waals surface area (Å²) in [4.78, 5) is 3.27. The van der Waals surface area contributed by atoms with Crippen molar-refractivity contribution in [1.29, 1.82) is 0 Å². The van der Waals surface area contributed by atoms with E-state index < -0.39 is 0 Å². The standard InChI is InChI=1S/C19H24N4O/c1-2-23-13-16(12-22-23)19-15(7-9-24-19)11-20-10-14-4-3-5-18-17(14)6-8-21-18/h3-6,8,12-13,15,19-21H,2,7,9-11H2,1H3/t15-,19+/m1/s1. The normalized spacial score (nSPS) is 20.9. The van der Waals surface area contributed by atoms with Crippen molar-refractivity contribution in [3.63, 3.8) is 0 Å². The van der Waals surface area contributed by atoms with Crippen LogP contribution in [-0.4, -0.2) is 27.9 Å². The zero-order valence-electron chi connectivity index (χ0n) is 14.0. The van der Waals surface area contributed by atoms with Gasteiger partial charge < -0.3 is 15.0 Å². The molecule has 1 aromatic carbocycles. The zero-order valence-corrected chi connectivity index (χ0v) is 14.0. The van der Waals surface area contributed by atoms with Gasteiger partial charge in [-0.2, -0.15) is 5.10 Å². The van der Waals surface area contributed by atoms with Crippen LogP contribution in [0.1, 0.15) is 30.6 Å². The van der Waals surface area contributed by atoms with Gasteiger partial charge >= 0.3 is 0 Å². The summed E-state index contributed by atoms with van der Waals surface area (Å²) >= 11 is 0. The molecular weight excluding hydrogens is 300 g/mol. The van der Waals surface area contributed by atoms with E-state index in [0.29, 0.717) is 5.92 Å². The second kappa shape index (κ2) is 6.79. The first-order valence-electron chi connectivity index (χ1n) is 8.75. The predicted octanol–water partition coefficient (Wildman–Crippen LogP) is 3.25. The minimum absolute atomic E-state index is 0.167. The predicted molar refractivity (Wildman–Crippen MR) is 94.7 cm³/mol. The Balaban J connectivity index is 1.39. The van der Waals surface area contributed by atoms with E-state index in [-0.39, 0.29) is 6.10 Å². The van der Waals surface area contributed by atoms with Gasteiger partial charge in [-0.3, -0.25) is 4.68 Å². The first-order chi connectivity index (χ1) is 11.8. The molecule has 3 heterocycles. The average molecular weight is 324 g/mol. The number of hydrogen-bond acceptors (Lipinski definition) is 3. The monoisotopic (exact) mass is 324 g/mol. The number of rotatable bonds is 6. The lowest BCUT2D eigenvalue weighted by molar-refractivity contribution is 0.0904. The second-order valence-corrected chi connectivity index (χ2v) is 6.46. The second-order valence-electron chi connectivity index (χ2n) is 6.46. The molecule has 0 bridgehead atoms. The van der Waals surface area contributed by atoms with Crippen LogP contribution >= 0.6 is 0 Å². The number of benzene rings is 1. The van der Waals surface area contributed by atoms with E-state index in [4.69, 9.17) is 4.74 Å². The van der Waals surface area contributed by atoms with Gasteiger partial charge in [0.1, 0.15) is 0 Å². The largest absolute Gasteiger partial charge is 0.373 e. The summed E-state index contributed by atoms with van der Waals surface area (Å²) in [5.41, 5.74) is 3.74. The molecule has 0 spiro atoms. The highest BCUT2D eigenvalue weighted by Crippen LogP contribution is 2.34. The molecule has 0 amide bonds. The molecule has 1 aliphatic rings. The molecule has 24 heavy (non-hydrogen) atoms. The molecule has 0 radical (unpaired) electrons. The number of aromatic nitrogens is 3. The molecule has 2 N–H and O–H groups in total. The summed E-state index contributed by atoms with van der Waals surface area (Å²) in [6.45, 7) is 5.68. The van der Waals surface area contributed by atoms with Crippen LogP contribution in [0.4, 0.5) is 0 Å². The van der Waals surface area contributed by atoms with E-state index in [1.165, 1.54) is 22.0 Å². The van der Waals surface area contributed by atoms with Crippen LogP contribution in [0.15, 0.2) is 42.9 Å². The van der Waals surface area contributed by atoms with Crippen molar-refractivity contribution in [2.75, 3.05) is 13.2 Å². The Hall–Kier alpha value is -2.11. The van der Waals surface area contributed by atoms with E-state index in [1.807, 2.05) is 17.1 Å². The number of aryl methyl sites for hydroxylation is 1. The maximum Gasteiger partial charge on any atom is 0.0896 e. The molecule has 5 heteroatoms. The number of H-pyrrole nitrogens is 1. The van der Waals surface area contributed by atoms with E-state index in [0.717, 1.165) is 32.7 Å². The Morgan fingerprint density at radius 2 is 2.33 bits per heavy atom. The van der Waals surface area contributed by atoms with Crippen molar-refractivity contribution in [1.82, 2.24) is 20.1 Å². The summed E-state index contributed by atoms with van der Waals surface area (Å²) in [7, 11) is 0. The number of nitrogens with one attached hydrogen (secondary N) is 2. The van der Waals surface area contributed by atoms with Crippen molar-refractivity contribution in [2.45, 2.75) is 32.5 Å². The lowest BCUT2D eigenvalue weighted by atomic mass is 9.97. The number of nitrogens with zero attached hydrogens (tertiary/aromatic N) is 2. The van der Waals surface area contributed by atoms with Crippen LogP contribution in [0.3, 0.4) is 0 Å². The van der Waals surface area contributed by atoms with Crippen LogP contribution in [0, 0.1) is 5.92 Å². The van der Waals surface area contributed by atoms with Crippen LogP contribution in [-0.2, 0) is 17.8 Å². The Bertz CT molecular complexity index is 806. The van der Waals surface area contributed by atoms with Crippen molar-refractivity contribution < 1.29 is 4.74 Å². The van der Waals surface area contributed by atoms with Gasteiger partial charge in [-0.1, -0.05) is 12.1 Å². The molecular formula is C19H24N4O. The van der Waals surface area contributed by atoms with Crippen LogP contribution < -0.4 is 5.32 Å². The smallest absolute Gasteiger partial charge is 0.0896 e. The summed E-state index contributed by atoms with van der Waals surface area (Å²) in [6.07, 6.45) is 7.33. The summed E-state index contributed by atoms with van der Waals surface area (Å²) in [6, 6.07) is 8.56. The fraction of sp³-hybridized carbons (Fsp3) is 0.421. The first kappa shape index (κ1) is 15.4. The topological polar surface area (TPSA) is 54.9 Å². The van der Waals surface area contributed by atoms with E-state index >= 15 is 0 Å². The Labute approximate surface area is 142 Å². The summed E-state index contributed by atoms with van der Waals surface area (Å²) in [5, 5.41) is 9.31. The SMILES string of the molecule is CCn1cc([C@H]2OCC[C@@H]2CNCc2cccc3[nH]ccc23)cn1. The van der Waals surface area contributed by atoms with Gasteiger partial charge in [0.2, 0.25) is 0 Å². The number of aromatic amines is 1. The van der Waals surface area contributed by atoms with Gasteiger partial charge in [-0.05, 0) is 31.0 Å². The van der Waals surface area contributed by atoms with E-state index in [1.54, 1.807) is 0 Å². The highest BCUT2D eigenvalue weighted by Gasteiger charge is 2.30. The maximum absolute atomic E-state index is 5.97. The molecule has 2 atom stereocenters. The molecule has 126 valence electrons. The fourth-order valence-corrected chi connectivity index (χ4v) is 3.61. The van der Waals surface area contributed by atoms with E-state index in [9.17, 15) is 0 Å². The molecule has 3 aromatic rings. The van der Waals surface area contributed by atoms with Gasteiger partial charge in [0.15, 0.2) is 0 Å². The molecule has 0 unspecified atom stereocenters. The van der Waals surface area contributed by atoms with Gasteiger partial charge in [-0.15, -0.1) is 0 Å². The minimum atomic E-state index is 0.167. The summed E-state index contributed by atoms with van der Waals surface area (Å²) in [5.74, 6) is 0.505. The Morgan fingerprint density at radius 1 is 1.38 bits per heavy atom. The minimum Gasteiger partial charge on any atom is -0.373 e. The number of fused-ring (bicyclic) bond motifs is 1. The fourth-order valence-electron chi connectivity index (χ4n) is 3.61. The van der Waals surface area contributed by atoms with Gasteiger partial charge in [0.25, 0.3) is 0 Å². The van der Waals surface area contributed by atoms with Crippen molar-refractivity contribution in [3.05, 3.63) is 54.0 Å². The first-order valence-corrected chi connectivity index (χ1v) is 8.75. The molecule has 5 nitrogen and oxygen atoms in total.